The van der Waals surface area contributed by atoms with Crippen molar-refractivity contribution in [3.8, 4) is 17.1 Å². The molecule has 0 bridgehead atoms. The number of carbonyl (C=O) groups is 1. The third kappa shape index (κ3) is 2.44. The molecule has 0 aliphatic heterocycles. The first-order chi connectivity index (χ1) is 9.02. The fourth-order valence-electron chi connectivity index (χ4n) is 1.50. The van der Waals surface area contributed by atoms with Crippen molar-refractivity contribution < 1.29 is 19.0 Å². The molecule has 0 radical (unpaired) electrons. The maximum Gasteiger partial charge on any atom is 0.341 e. The Balaban J connectivity index is 2.48. The highest BCUT2D eigenvalue weighted by Crippen LogP contribution is 2.24. The van der Waals surface area contributed by atoms with Crippen LogP contribution in [-0.4, -0.2) is 28.2 Å². The van der Waals surface area contributed by atoms with Crippen LogP contribution in [0.25, 0.3) is 11.4 Å². The van der Waals surface area contributed by atoms with E-state index in [1.165, 1.54) is 25.3 Å². The Bertz CT molecular complexity index is 646. The quantitative estimate of drug-likeness (QED) is 0.872. The molecular weight excluding hydrogens is 253 g/mol. The van der Waals surface area contributed by atoms with Crippen LogP contribution >= 0.6 is 0 Å². The number of carboxylic acids is 1. The van der Waals surface area contributed by atoms with Crippen molar-refractivity contribution in [3.63, 3.8) is 0 Å². The van der Waals surface area contributed by atoms with E-state index in [1.54, 1.807) is 0 Å². The monoisotopic (exact) mass is 263 g/mol. The van der Waals surface area contributed by atoms with Crippen LogP contribution < -0.4 is 10.5 Å². The summed E-state index contributed by atoms with van der Waals surface area (Å²) in [4.78, 5) is 18.5. The maximum atomic E-state index is 13.3. The van der Waals surface area contributed by atoms with E-state index in [0.29, 0.717) is 5.56 Å². The number of rotatable bonds is 3. The SMILES string of the molecule is COc1cc(-c2ncc(C(=O)O)c(N)n2)ccc1F. The lowest BCUT2D eigenvalue weighted by Gasteiger charge is -2.06. The zero-order valence-corrected chi connectivity index (χ0v) is 9.92. The Morgan fingerprint density at radius 1 is 1.47 bits per heavy atom. The van der Waals surface area contributed by atoms with E-state index in [0.717, 1.165) is 6.20 Å². The normalized spacial score (nSPS) is 10.2. The van der Waals surface area contributed by atoms with Crippen LogP contribution in [0.5, 0.6) is 5.75 Å². The average molecular weight is 263 g/mol. The smallest absolute Gasteiger partial charge is 0.341 e. The van der Waals surface area contributed by atoms with E-state index >= 15 is 0 Å². The largest absolute Gasteiger partial charge is 0.494 e. The predicted molar refractivity (Wildman–Crippen MR) is 65.3 cm³/mol. The Kier molecular flexibility index (Phi) is 3.28. The molecule has 0 atom stereocenters. The van der Waals surface area contributed by atoms with Gasteiger partial charge < -0.3 is 15.6 Å². The number of aromatic nitrogens is 2. The molecule has 7 heteroatoms. The molecule has 0 unspecified atom stereocenters. The summed E-state index contributed by atoms with van der Waals surface area (Å²) in [6, 6.07) is 4.07. The first kappa shape index (κ1) is 12.7. The van der Waals surface area contributed by atoms with Gasteiger partial charge >= 0.3 is 5.97 Å². The number of hydrogen-bond donors (Lipinski definition) is 2. The first-order valence-corrected chi connectivity index (χ1v) is 5.22. The fourth-order valence-corrected chi connectivity index (χ4v) is 1.50. The number of nitrogen functional groups attached to an aromatic ring is 1. The van der Waals surface area contributed by atoms with E-state index in [9.17, 15) is 9.18 Å². The Hall–Kier alpha value is -2.70. The van der Waals surface area contributed by atoms with Crippen molar-refractivity contribution in [2.75, 3.05) is 12.8 Å². The van der Waals surface area contributed by atoms with Gasteiger partial charge in [0.2, 0.25) is 0 Å². The van der Waals surface area contributed by atoms with Crippen LogP contribution in [0.4, 0.5) is 10.2 Å². The van der Waals surface area contributed by atoms with Gasteiger partial charge in [0, 0.05) is 11.8 Å². The number of nitrogens with zero attached hydrogens (tertiary/aromatic N) is 2. The lowest BCUT2D eigenvalue weighted by molar-refractivity contribution is 0.0697. The average Bonchev–Trinajstić information content (AvgIpc) is 2.38. The molecule has 0 spiro atoms. The van der Waals surface area contributed by atoms with Crippen molar-refractivity contribution in [1.82, 2.24) is 9.97 Å². The number of methoxy groups -OCH3 is 1. The first-order valence-electron chi connectivity index (χ1n) is 5.22. The minimum atomic E-state index is -1.21. The van der Waals surface area contributed by atoms with Gasteiger partial charge in [-0.15, -0.1) is 0 Å². The molecule has 1 aromatic heterocycles. The number of nitrogens with two attached hydrogens (primary N) is 1. The highest BCUT2D eigenvalue weighted by Gasteiger charge is 2.13. The molecule has 2 rings (SSSR count). The zero-order chi connectivity index (χ0) is 14.0. The van der Waals surface area contributed by atoms with Gasteiger partial charge in [-0.25, -0.2) is 19.2 Å². The lowest BCUT2D eigenvalue weighted by atomic mass is 10.2. The molecule has 6 nitrogen and oxygen atoms in total. The van der Waals surface area contributed by atoms with E-state index < -0.39 is 11.8 Å². The van der Waals surface area contributed by atoms with Crippen molar-refractivity contribution in [1.29, 1.82) is 0 Å². The van der Waals surface area contributed by atoms with Crippen LogP contribution in [-0.2, 0) is 0 Å². The highest BCUT2D eigenvalue weighted by molar-refractivity contribution is 5.92. The number of anilines is 1. The van der Waals surface area contributed by atoms with E-state index in [1.807, 2.05) is 0 Å². The molecule has 2 aromatic rings. The molecule has 0 aliphatic carbocycles. The zero-order valence-electron chi connectivity index (χ0n) is 9.92. The second-order valence-corrected chi connectivity index (χ2v) is 3.65. The molecule has 0 saturated carbocycles. The summed E-state index contributed by atoms with van der Waals surface area (Å²) in [6.45, 7) is 0. The van der Waals surface area contributed by atoms with Crippen molar-refractivity contribution in [2.45, 2.75) is 0 Å². The molecule has 0 aliphatic rings. The third-order valence-electron chi connectivity index (χ3n) is 2.46. The summed E-state index contributed by atoms with van der Waals surface area (Å²) in [5.41, 5.74) is 5.81. The Labute approximate surface area is 107 Å². The van der Waals surface area contributed by atoms with Gasteiger partial charge in [-0.05, 0) is 18.2 Å². The number of hydrogen-bond acceptors (Lipinski definition) is 5. The Morgan fingerprint density at radius 2 is 2.21 bits per heavy atom. The van der Waals surface area contributed by atoms with Gasteiger partial charge in [0.1, 0.15) is 11.4 Å². The minimum Gasteiger partial charge on any atom is -0.494 e. The highest BCUT2D eigenvalue weighted by atomic mass is 19.1. The maximum absolute atomic E-state index is 13.3. The Morgan fingerprint density at radius 3 is 2.79 bits per heavy atom. The van der Waals surface area contributed by atoms with Gasteiger partial charge in [-0.1, -0.05) is 0 Å². The molecule has 1 aromatic carbocycles. The van der Waals surface area contributed by atoms with Crippen LogP contribution in [0.1, 0.15) is 10.4 Å². The van der Waals surface area contributed by atoms with Crippen LogP contribution in [0.2, 0.25) is 0 Å². The predicted octanol–water partition coefficient (Wildman–Crippen LogP) is 1.57. The molecular formula is C12H10FN3O3. The van der Waals surface area contributed by atoms with Crippen molar-refractivity contribution >= 4 is 11.8 Å². The topological polar surface area (TPSA) is 98.3 Å². The van der Waals surface area contributed by atoms with Gasteiger partial charge in [0.25, 0.3) is 0 Å². The van der Waals surface area contributed by atoms with Gasteiger partial charge in [0.05, 0.1) is 7.11 Å². The summed E-state index contributed by atoms with van der Waals surface area (Å²) in [6.07, 6.45) is 1.11. The third-order valence-corrected chi connectivity index (χ3v) is 2.46. The lowest BCUT2D eigenvalue weighted by Crippen LogP contribution is -2.06. The van der Waals surface area contributed by atoms with Crippen LogP contribution in [0, 0.1) is 5.82 Å². The van der Waals surface area contributed by atoms with Crippen molar-refractivity contribution in [3.05, 3.63) is 35.8 Å². The number of halogens is 1. The van der Waals surface area contributed by atoms with E-state index in [2.05, 4.69) is 9.97 Å². The molecule has 0 saturated heterocycles. The summed E-state index contributed by atoms with van der Waals surface area (Å²) >= 11 is 0. The van der Waals surface area contributed by atoms with E-state index in [4.69, 9.17) is 15.6 Å². The number of aromatic carboxylic acids is 1. The minimum absolute atomic E-state index is 0.0435. The standard InChI is InChI=1S/C12H10FN3O3/c1-19-9-4-6(2-3-8(9)13)11-15-5-7(12(17)18)10(14)16-11/h2-5H,1H3,(H,17,18)(H2,14,15,16). The van der Waals surface area contributed by atoms with Crippen molar-refractivity contribution in [2.24, 2.45) is 0 Å². The molecule has 0 fully saturated rings. The van der Waals surface area contributed by atoms with Gasteiger partial charge in [0.15, 0.2) is 17.4 Å². The number of ether oxygens (including phenoxy) is 1. The molecule has 3 N–H and O–H groups in total. The second kappa shape index (κ2) is 4.89. The molecule has 0 amide bonds. The molecule has 98 valence electrons. The summed E-state index contributed by atoms with van der Waals surface area (Å²) < 4.78 is 18.1. The molecule has 1 heterocycles. The number of benzene rings is 1. The summed E-state index contributed by atoms with van der Waals surface area (Å²) in [5.74, 6) is -1.63. The molecule has 19 heavy (non-hydrogen) atoms. The van der Waals surface area contributed by atoms with Gasteiger partial charge in [-0.3, -0.25) is 0 Å². The summed E-state index contributed by atoms with van der Waals surface area (Å²) in [5, 5.41) is 8.82. The van der Waals surface area contributed by atoms with E-state index in [-0.39, 0.29) is 23.0 Å². The van der Waals surface area contributed by atoms with Crippen LogP contribution in [0.3, 0.4) is 0 Å². The summed E-state index contributed by atoms with van der Waals surface area (Å²) in [7, 11) is 1.34. The number of carboxylic acid groups (broad SMARTS) is 1. The van der Waals surface area contributed by atoms with Gasteiger partial charge in [-0.2, -0.15) is 0 Å². The van der Waals surface area contributed by atoms with Crippen LogP contribution in [0.15, 0.2) is 24.4 Å². The fraction of sp³-hybridized carbons (Fsp3) is 0.0833. The second-order valence-electron chi connectivity index (χ2n) is 3.65.